The second-order valence-electron chi connectivity index (χ2n) is 6.10. The van der Waals surface area contributed by atoms with Crippen molar-refractivity contribution >= 4 is 7.92 Å². The average Bonchev–Trinajstić information content (AvgIpc) is 2.48. The van der Waals surface area contributed by atoms with Gasteiger partial charge in [-0.15, -0.1) is 7.92 Å². The van der Waals surface area contributed by atoms with Crippen molar-refractivity contribution in [1.29, 1.82) is 0 Å². The Hall–Kier alpha value is 0.430. The normalized spacial score (nSPS) is 57.0. The van der Waals surface area contributed by atoms with Gasteiger partial charge in [0.15, 0.2) is 0 Å². The summed E-state index contributed by atoms with van der Waals surface area (Å²) in [6, 6.07) is 0. The van der Waals surface area contributed by atoms with Gasteiger partial charge in [-0.1, -0.05) is 13.8 Å². The summed E-state index contributed by atoms with van der Waals surface area (Å²) in [6.07, 6.45) is 6.34. The van der Waals surface area contributed by atoms with Crippen molar-refractivity contribution < 1.29 is 0 Å². The van der Waals surface area contributed by atoms with E-state index in [1.54, 1.807) is 25.4 Å². The van der Waals surface area contributed by atoms with Gasteiger partial charge in [-0.05, 0) is 60.9 Å². The Balaban J connectivity index is 1.87. The van der Waals surface area contributed by atoms with Crippen LogP contribution in [0.5, 0.6) is 0 Å². The first-order valence-corrected chi connectivity index (χ1v) is 7.85. The van der Waals surface area contributed by atoms with Crippen molar-refractivity contribution in [2.24, 2.45) is 23.2 Å². The molecular weight excluding hydrogens is 175 g/mol. The van der Waals surface area contributed by atoms with Crippen LogP contribution in [0.4, 0.5) is 0 Å². The minimum atomic E-state index is 0.440. The fourth-order valence-corrected chi connectivity index (χ4v) is 7.00. The zero-order valence-corrected chi connectivity index (χ0v) is 9.98. The van der Waals surface area contributed by atoms with Gasteiger partial charge in [-0.2, -0.15) is 0 Å². The van der Waals surface area contributed by atoms with E-state index in [4.69, 9.17) is 0 Å². The fraction of sp³-hybridized carbons (Fsp3) is 1.00. The molecule has 1 saturated heterocycles. The molecule has 1 heteroatoms. The third kappa shape index (κ3) is 0.965. The van der Waals surface area contributed by atoms with E-state index >= 15 is 0 Å². The number of hydrogen-bond donors (Lipinski definition) is 0. The van der Waals surface area contributed by atoms with Gasteiger partial charge in [0.25, 0.3) is 0 Å². The van der Waals surface area contributed by atoms with Gasteiger partial charge in [0.2, 0.25) is 0 Å². The van der Waals surface area contributed by atoms with E-state index in [1.807, 2.05) is 0 Å². The van der Waals surface area contributed by atoms with Crippen LogP contribution in [-0.4, -0.2) is 18.5 Å². The van der Waals surface area contributed by atoms with Gasteiger partial charge in [0, 0.05) is 0 Å². The van der Waals surface area contributed by atoms with Crippen LogP contribution in [0.25, 0.3) is 0 Å². The largest absolute Gasteiger partial charge is 0.106 e. The van der Waals surface area contributed by atoms with Crippen molar-refractivity contribution in [3.8, 4) is 0 Å². The first-order chi connectivity index (χ1) is 6.10. The maximum absolute atomic E-state index is 2.55. The van der Waals surface area contributed by atoms with Crippen LogP contribution in [0.15, 0.2) is 0 Å². The standard InChI is InChI=1S/C12H21P/c1-12(2)8-6-10(12)9-4-5-13(3)11(9)7-8/h8-11H,4-7H2,1-3H3. The van der Waals surface area contributed by atoms with Gasteiger partial charge in [-0.3, -0.25) is 0 Å². The summed E-state index contributed by atoms with van der Waals surface area (Å²) >= 11 is 0. The zero-order chi connectivity index (χ0) is 9.22. The Kier molecular flexibility index (Phi) is 1.68. The molecule has 4 aliphatic rings. The molecular formula is C12H21P. The maximum Gasteiger partial charge on any atom is -0.0177 e. The van der Waals surface area contributed by atoms with Crippen molar-refractivity contribution in [2.75, 3.05) is 12.8 Å². The van der Waals surface area contributed by atoms with Crippen LogP contribution in [0, 0.1) is 23.2 Å². The minimum absolute atomic E-state index is 0.440. The van der Waals surface area contributed by atoms with E-state index in [0.717, 1.165) is 23.2 Å². The quantitative estimate of drug-likeness (QED) is 0.520. The molecule has 0 radical (unpaired) electrons. The zero-order valence-electron chi connectivity index (χ0n) is 9.09. The topological polar surface area (TPSA) is 0 Å². The predicted molar refractivity (Wildman–Crippen MR) is 59.6 cm³/mol. The fourth-order valence-electron chi connectivity index (χ4n) is 4.34. The van der Waals surface area contributed by atoms with Crippen molar-refractivity contribution in [3.05, 3.63) is 0 Å². The second-order valence-corrected chi connectivity index (χ2v) is 8.72. The summed E-state index contributed by atoms with van der Waals surface area (Å²) < 4.78 is 0. The summed E-state index contributed by atoms with van der Waals surface area (Å²) in [5.41, 5.74) is 1.91. The maximum atomic E-state index is 2.55. The molecule has 0 aromatic carbocycles. The Morgan fingerprint density at radius 2 is 2.00 bits per heavy atom. The highest BCUT2D eigenvalue weighted by atomic mass is 31.1. The molecule has 4 rings (SSSR count). The van der Waals surface area contributed by atoms with Gasteiger partial charge in [0.05, 0.1) is 0 Å². The molecule has 13 heavy (non-hydrogen) atoms. The van der Waals surface area contributed by atoms with Gasteiger partial charge in [0.1, 0.15) is 0 Å². The molecule has 0 spiro atoms. The lowest BCUT2D eigenvalue weighted by molar-refractivity contribution is -0.0987. The third-order valence-electron chi connectivity index (χ3n) is 5.46. The lowest BCUT2D eigenvalue weighted by Gasteiger charge is -2.62. The van der Waals surface area contributed by atoms with E-state index in [-0.39, 0.29) is 0 Å². The van der Waals surface area contributed by atoms with Crippen LogP contribution in [0.3, 0.4) is 0 Å². The molecule has 3 aliphatic carbocycles. The molecule has 1 aliphatic heterocycles. The summed E-state index contributed by atoms with van der Waals surface area (Å²) in [6.45, 7) is 7.61. The first kappa shape index (κ1) is 8.72. The van der Waals surface area contributed by atoms with E-state index in [9.17, 15) is 0 Å². The molecule has 5 unspecified atom stereocenters. The summed E-state index contributed by atoms with van der Waals surface area (Å²) in [4.78, 5) is 0. The molecule has 2 bridgehead atoms. The Morgan fingerprint density at radius 3 is 2.69 bits per heavy atom. The summed E-state index contributed by atoms with van der Waals surface area (Å²) in [5, 5.41) is 0. The first-order valence-electron chi connectivity index (χ1n) is 5.81. The molecule has 74 valence electrons. The molecule has 0 aromatic heterocycles. The molecule has 1 heterocycles. The van der Waals surface area contributed by atoms with Crippen LogP contribution in [-0.2, 0) is 0 Å². The third-order valence-corrected chi connectivity index (χ3v) is 8.15. The van der Waals surface area contributed by atoms with E-state index in [2.05, 4.69) is 20.5 Å². The molecule has 0 aromatic rings. The summed E-state index contributed by atoms with van der Waals surface area (Å²) in [5.74, 6) is 3.36. The smallest absolute Gasteiger partial charge is 0.0177 e. The Bertz CT molecular complexity index is 233. The van der Waals surface area contributed by atoms with Crippen LogP contribution >= 0.6 is 7.92 Å². The predicted octanol–water partition coefficient (Wildman–Crippen LogP) is 3.55. The van der Waals surface area contributed by atoms with E-state index < -0.39 is 0 Å². The summed E-state index contributed by atoms with van der Waals surface area (Å²) in [7, 11) is 0.440. The number of rotatable bonds is 0. The van der Waals surface area contributed by atoms with Crippen molar-refractivity contribution in [1.82, 2.24) is 0 Å². The molecule has 0 nitrogen and oxygen atoms in total. The highest BCUT2D eigenvalue weighted by Gasteiger charge is 2.59. The van der Waals surface area contributed by atoms with Gasteiger partial charge in [-0.25, -0.2) is 0 Å². The van der Waals surface area contributed by atoms with Crippen LogP contribution in [0.2, 0.25) is 0 Å². The Morgan fingerprint density at radius 1 is 1.23 bits per heavy atom. The monoisotopic (exact) mass is 196 g/mol. The molecule has 0 amide bonds. The van der Waals surface area contributed by atoms with Crippen LogP contribution < -0.4 is 0 Å². The average molecular weight is 196 g/mol. The SMILES string of the molecule is CP1CCC2C1CC1CC2C1(C)C. The lowest BCUT2D eigenvalue weighted by Crippen LogP contribution is -2.55. The van der Waals surface area contributed by atoms with Crippen molar-refractivity contribution in [3.63, 3.8) is 0 Å². The van der Waals surface area contributed by atoms with E-state index in [1.165, 1.54) is 5.66 Å². The minimum Gasteiger partial charge on any atom is -0.106 e. The van der Waals surface area contributed by atoms with Crippen LogP contribution in [0.1, 0.15) is 33.1 Å². The van der Waals surface area contributed by atoms with E-state index in [0.29, 0.717) is 7.92 Å². The second kappa shape index (κ2) is 2.51. The molecule has 3 saturated carbocycles. The van der Waals surface area contributed by atoms with Crippen molar-refractivity contribution in [2.45, 2.75) is 38.8 Å². The molecule has 0 N–H and O–H groups in total. The number of hydrogen-bond acceptors (Lipinski definition) is 0. The highest BCUT2D eigenvalue weighted by molar-refractivity contribution is 7.57. The molecule has 5 atom stereocenters. The highest BCUT2D eigenvalue weighted by Crippen LogP contribution is 2.70. The lowest BCUT2D eigenvalue weighted by atomic mass is 9.45. The molecule has 4 fully saturated rings. The van der Waals surface area contributed by atoms with Gasteiger partial charge < -0.3 is 0 Å². The van der Waals surface area contributed by atoms with Gasteiger partial charge >= 0.3 is 0 Å². The Labute approximate surface area is 83.2 Å².